The third-order valence-corrected chi connectivity index (χ3v) is 5.68. The monoisotopic (exact) mass is 503 g/mol. The van der Waals surface area contributed by atoms with E-state index in [1.165, 1.54) is 0 Å². The van der Waals surface area contributed by atoms with Crippen LogP contribution in [0, 0.1) is 6.92 Å². The Kier molecular flexibility index (Phi) is 6.14. The second-order valence-electron chi connectivity index (χ2n) is 8.29. The van der Waals surface area contributed by atoms with Gasteiger partial charge in [0, 0.05) is 16.8 Å². The van der Waals surface area contributed by atoms with Crippen LogP contribution in [0.2, 0.25) is 0 Å². The summed E-state index contributed by atoms with van der Waals surface area (Å²) >= 11 is 0. The molecule has 0 aromatic heterocycles. The van der Waals surface area contributed by atoms with Crippen LogP contribution < -0.4 is 29.3 Å². The van der Waals surface area contributed by atoms with Gasteiger partial charge in [0.25, 0.3) is 0 Å². The molecular formula is C23H26IN3O2. The van der Waals surface area contributed by atoms with E-state index in [-0.39, 0.29) is 35.5 Å². The zero-order valence-corrected chi connectivity index (χ0v) is 19.2. The molecule has 0 spiro atoms. The van der Waals surface area contributed by atoms with E-state index in [2.05, 4.69) is 24.3 Å². The van der Waals surface area contributed by atoms with Crippen molar-refractivity contribution in [1.82, 2.24) is 4.90 Å². The number of allylic oxidation sites excluding steroid dienone is 2. The van der Waals surface area contributed by atoms with Gasteiger partial charge >= 0.3 is 0 Å². The summed E-state index contributed by atoms with van der Waals surface area (Å²) in [7, 11) is 4.39. The average Bonchev–Trinajstić information content (AvgIpc) is 2.68. The van der Waals surface area contributed by atoms with Crippen molar-refractivity contribution in [2.75, 3.05) is 45.6 Å². The Balaban J connectivity index is 0.00000240. The highest BCUT2D eigenvalue weighted by Crippen LogP contribution is 2.30. The number of piperazine rings is 1. The summed E-state index contributed by atoms with van der Waals surface area (Å²) in [5.74, 6) is -0.192. The number of nitrogens with zero attached hydrogens (tertiary/aromatic N) is 2. The van der Waals surface area contributed by atoms with Crippen LogP contribution in [0.25, 0.3) is 0 Å². The molecule has 0 atom stereocenters. The number of carbonyl (C=O) groups excluding carboxylic acids is 2. The van der Waals surface area contributed by atoms with Gasteiger partial charge in [0.05, 0.1) is 40.3 Å². The third-order valence-electron chi connectivity index (χ3n) is 5.68. The Hall–Kier alpha value is -2.19. The topological polar surface area (TPSA) is 49.4 Å². The number of hydrogen-bond donors (Lipinski definition) is 1. The number of Topliss-reactive ketones (excluding diaryl/α,β-unsaturated/α-hetero) is 2. The van der Waals surface area contributed by atoms with Crippen LogP contribution in [0.15, 0.2) is 59.9 Å². The van der Waals surface area contributed by atoms with Crippen LogP contribution in [0.5, 0.6) is 0 Å². The molecule has 152 valence electrons. The molecule has 2 aromatic rings. The van der Waals surface area contributed by atoms with Crippen molar-refractivity contribution < 1.29 is 38.0 Å². The van der Waals surface area contributed by atoms with Crippen LogP contribution in [0.1, 0.15) is 26.3 Å². The standard InChI is InChI=1S/C23H25N3O2.HI/c1-16-8-10-17(11-9-16)24-20-21(25-12-14-26(2,3)15-13-25)23(28)19-7-5-4-6-18(19)22(20)27;/h4-11H,12-15H2,1-3H3;1H. The van der Waals surface area contributed by atoms with Crippen molar-refractivity contribution in [2.24, 2.45) is 0 Å². The maximum Gasteiger partial charge on any atom is 0.212 e. The number of aryl methyl sites for hydroxylation is 1. The van der Waals surface area contributed by atoms with Crippen molar-refractivity contribution in [3.63, 3.8) is 0 Å². The fourth-order valence-corrected chi connectivity index (χ4v) is 3.79. The Morgan fingerprint density at radius 1 is 0.862 bits per heavy atom. The molecule has 4 rings (SSSR count). The molecule has 0 amide bonds. The number of quaternary nitrogens is 1. The van der Waals surface area contributed by atoms with Crippen LogP contribution in [-0.4, -0.2) is 61.2 Å². The Morgan fingerprint density at radius 2 is 1.41 bits per heavy atom. The Labute approximate surface area is 189 Å². The molecule has 2 aromatic carbocycles. The maximum atomic E-state index is 13.4. The van der Waals surface area contributed by atoms with E-state index in [1.807, 2.05) is 37.3 Å². The van der Waals surface area contributed by atoms with Crippen molar-refractivity contribution >= 4 is 17.3 Å². The summed E-state index contributed by atoms with van der Waals surface area (Å²) in [5, 5.41) is 3.26. The quantitative estimate of drug-likeness (QED) is 0.477. The lowest BCUT2D eigenvalue weighted by Crippen LogP contribution is -3.00. The van der Waals surface area contributed by atoms with Gasteiger partial charge in [-0.1, -0.05) is 42.0 Å². The predicted molar refractivity (Wildman–Crippen MR) is 110 cm³/mol. The van der Waals surface area contributed by atoms with Gasteiger partial charge in [-0.05, 0) is 19.1 Å². The lowest BCUT2D eigenvalue weighted by molar-refractivity contribution is -0.894. The first-order chi connectivity index (χ1) is 13.4. The van der Waals surface area contributed by atoms with Gasteiger partial charge in [-0.2, -0.15) is 0 Å². The van der Waals surface area contributed by atoms with Crippen LogP contribution >= 0.6 is 0 Å². The lowest BCUT2D eigenvalue weighted by atomic mass is 9.89. The van der Waals surface area contributed by atoms with Gasteiger partial charge in [-0.25, -0.2) is 0 Å². The smallest absolute Gasteiger partial charge is 0.212 e. The van der Waals surface area contributed by atoms with Gasteiger partial charge in [0.15, 0.2) is 0 Å². The number of ketones is 2. The number of carbonyl (C=O) groups is 2. The first kappa shape index (κ1) is 21.5. The molecule has 1 fully saturated rings. The zero-order valence-electron chi connectivity index (χ0n) is 17.0. The average molecular weight is 503 g/mol. The van der Waals surface area contributed by atoms with Crippen molar-refractivity contribution in [2.45, 2.75) is 6.92 Å². The first-order valence-electron chi connectivity index (χ1n) is 9.69. The number of rotatable bonds is 3. The highest BCUT2D eigenvalue weighted by Gasteiger charge is 2.37. The van der Waals surface area contributed by atoms with Gasteiger partial charge in [-0.3, -0.25) is 9.59 Å². The minimum absolute atomic E-state index is 0. The predicted octanol–water partition coefficient (Wildman–Crippen LogP) is 0.0937. The molecule has 1 saturated heterocycles. The van der Waals surface area contributed by atoms with E-state index in [0.717, 1.165) is 41.9 Å². The second kappa shape index (κ2) is 8.28. The molecule has 0 saturated carbocycles. The molecule has 1 aliphatic carbocycles. The Morgan fingerprint density at radius 3 is 2.00 bits per heavy atom. The molecule has 1 aliphatic heterocycles. The molecule has 6 heteroatoms. The van der Waals surface area contributed by atoms with Crippen molar-refractivity contribution in [3.8, 4) is 0 Å². The summed E-state index contributed by atoms with van der Waals surface area (Å²) in [6.07, 6.45) is 0. The van der Waals surface area contributed by atoms with Gasteiger partial charge in [0.2, 0.25) is 11.6 Å². The number of likely N-dealkylation sites (N-methyl/N-ethyl adjacent to an activating group) is 1. The minimum atomic E-state index is -0.120. The maximum absolute atomic E-state index is 13.4. The van der Waals surface area contributed by atoms with Crippen LogP contribution in [0.4, 0.5) is 5.69 Å². The van der Waals surface area contributed by atoms with E-state index in [9.17, 15) is 9.59 Å². The van der Waals surface area contributed by atoms with E-state index >= 15 is 0 Å². The number of hydrogen-bond acceptors (Lipinski definition) is 4. The highest BCUT2D eigenvalue weighted by molar-refractivity contribution is 6.27. The fraction of sp³-hybridized carbons (Fsp3) is 0.304. The summed E-state index contributed by atoms with van der Waals surface area (Å²) < 4.78 is 0.920. The Bertz CT molecular complexity index is 970. The van der Waals surface area contributed by atoms with Crippen LogP contribution in [0.3, 0.4) is 0 Å². The zero-order chi connectivity index (χ0) is 19.9. The van der Waals surface area contributed by atoms with E-state index < -0.39 is 0 Å². The number of benzene rings is 2. The van der Waals surface area contributed by atoms with E-state index in [0.29, 0.717) is 22.5 Å². The number of fused-ring (bicyclic) bond motifs is 1. The van der Waals surface area contributed by atoms with Crippen LogP contribution in [-0.2, 0) is 0 Å². The summed E-state index contributed by atoms with van der Waals surface area (Å²) in [6.45, 7) is 5.40. The second-order valence-corrected chi connectivity index (χ2v) is 8.29. The summed E-state index contributed by atoms with van der Waals surface area (Å²) in [4.78, 5) is 28.8. The summed E-state index contributed by atoms with van der Waals surface area (Å²) in [6, 6.07) is 15.0. The molecule has 29 heavy (non-hydrogen) atoms. The molecule has 0 unspecified atom stereocenters. The molecule has 0 radical (unpaired) electrons. The van der Waals surface area contributed by atoms with Gasteiger partial charge in [-0.15, -0.1) is 0 Å². The molecule has 2 aliphatic rings. The lowest BCUT2D eigenvalue weighted by Gasteiger charge is -2.41. The van der Waals surface area contributed by atoms with Crippen molar-refractivity contribution in [1.29, 1.82) is 0 Å². The molecule has 5 nitrogen and oxygen atoms in total. The molecule has 1 N–H and O–H groups in total. The van der Waals surface area contributed by atoms with E-state index in [1.54, 1.807) is 18.2 Å². The van der Waals surface area contributed by atoms with E-state index in [4.69, 9.17) is 0 Å². The minimum Gasteiger partial charge on any atom is -1.00 e. The SMILES string of the molecule is Cc1ccc(NC2=C(N3CC[N+](C)(C)CC3)C(=O)c3ccccc3C2=O)cc1.[I-]. The molecular weight excluding hydrogens is 477 g/mol. The third kappa shape index (κ3) is 4.23. The van der Waals surface area contributed by atoms with Gasteiger partial charge in [0.1, 0.15) is 11.4 Å². The van der Waals surface area contributed by atoms with Crippen molar-refractivity contribution in [3.05, 3.63) is 76.6 Å². The molecule has 0 bridgehead atoms. The largest absolute Gasteiger partial charge is 1.00 e. The van der Waals surface area contributed by atoms with Gasteiger partial charge < -0.3 is 38.7 Å². The number of anilines is 1. The number of halogens is 1. The highest BCUT2D eigenvalue weighted by atomic mass is 127. The number of nitrogens with one attached hydrogen (secondary N) is 1. The molecule has 1 heterocycles. The summed E-state index contributed by atoms with van der Waals surface area (Å²) in [5.41, 5.74) is 3.82. The fourth-order valence-electron chi connectivity index (χ4n) is 3.79. The first-order valence-corrected chi connectivity index (χ1v) is 9.69. The normalized spacial score (nSPS) is 18.2.